The quantitative estimate of drug-likeness (QED) is 0.615. The molecule has 0 aromatic rings. The third kappa shape index (κ3) is 3.63. The normalized spacial score (nSPS) is 28.0. The summed E-state index contributed by atoms with van der Waals surface area (Å²) < 4.78 is 0. The molecule has 0 saturated heterocycles. The summed E-state index contributed by atoms with van der Waals surface area (Å²) in [5, 5.41) is 22.6. The number of nitrogens with two attached hydrogens (primary N) is 1. The predicted octanol–water partition coefficient (Wildman–Crippen LogP) is 2.25. The van der Waals surface area contributed by atoms with Gasteiger partial charge < -0.3 is 20.8 Å². The van der Waals surface area contributed by atoms with Crippen LogP contribution in [0.1, 0.15) is 90.9 Å². The molecule has 0 aromatic heterocycles. The van der Waals surface area contributed by atoms with Gasteiger partial charge in [0.15, 0.2) is 0 Å². The number of nitrogens with zero attached hydrogens (tertiary/aromatic N) is 1. The van der Waals surface area contributed by atoms with Gasteiger partial charge in [-0.3, -0.25) is 9.59 Å². The Labute approximate surface area is 162 Å². The number of amides is 2. The molecule has 6 nitrogen and oxygen atoms in total. The van der Waals surface area contributed by atoms with E-state index in [0.717, 1.165) is 38.5 Å². The molecule has 0 bridgehead atoms. The molecule has 4 N–H and O–H groups in total. The molecule has 0 heterocycles. The highest BCUT2D eigenvalue weighted by Crippen LogP contribution is 2.49. The van der Waals surface area contributed by atoms with Crippen LogP contribution in [0.15, 0.2) is 0 Å². The van der Waals surface area contributed by atoms with Crippen molar-refractivity contribution < 1.29 is 19.8 Å². The highest BCUT2D eigenvalue weighted by molar-refractivity contribution is 6.07. The SMILES string of the molecule is CC(N(C(=O)C1(C(N)=O)CC1)C(C)C1(O)CCCCC1)C1(O)CCCCC1. The Kier molecular flexibility index (Phi) is 5.61. The zero-order valence-electron chi connectivity index (χ0n) is 16.9. The van der Waals surface area contributed by atoms with E-state index in [-0.39, 0.29) is 5.91 Å². The third-order valence-electron chi connectivity index (χ3n) is 7.69. The van der Waals surface area contributed by atoms with Crippen molar-refractivity contribution in [2.24, 2.45) is 11.1 Å². The fourth-order valence-corrected chi connectivity index (χ4v) is 5.31. The van der Waals surface area contributed by atoms with E-state index in [0.29, 0.717) is 38.5 Å². The molecule has 154 valence electrons. The smallest absolute Gasteiger partial charge is 0.238 e. The Morgan fingerprint density at radius 1 is 0.778 bits per heavy atom. The molecule has 3 rings (SSSR count). The van der Waals surface area contributed by atoms with E-state index in [9.17, 15) is 19.8 Å². The third-order valence-corrected chi connectivity index (χ3v) is 7.69. The summed E-state index contributed by atoms with van der Waals surface area (Å²) in [4.78, 5) is 27.2. The van der Waals surface area contributed by atoms with Crippen LogP contribution >= 0.6 is 0 Å². The Bertz CT molecular complexity index is 545. The number of carbonyl (C=O) groups is 2. The zero-order chi connectivity index (χ0) is 19.9. The first kappa shape index (κ1) is 20.6. The van der Waals surface area contributed by atoms with Crippen molar-refractivity contribution in [1.82, 2.24) is 4.90 Å². The molecule has 2 amide bonds. The summed E-state index contributed by atoms with van der Waals surface area (Å²) in [5.74, 6) is -0.879. The van der Waals surface area contributed by atoms with E-state index in [2.05, 4.69) is 0 Å². The van der Waals surface area contributed by atoms with Crippen molar-refractivity contribution in [3.63, 3.8) is 0 Å². The largest absolute Gasteiger partial charge is 0.388 e. The number of hydrogen-bond donors (Lipinski definition) is 3. The summed E-state index contributed by atoms with van der Waals surface area (Å²) >= 11 is 0. The van der Waals surface area contributed by atoms with E-state index in [1.165, 1.54) is 0 Å². The van der Waals surface area contributed by atoms with Crippen LogP contribution in [-0.2, 0) is 9.59 Å². The van der Waals surface area contributed by atoms with Crippen LogP contribution < -0.4 is 5.73 Å². The van der Waals surface area contributed by atoms with Gasteiger partial charge in [0, 0.05) is 0 Å². The molecule has 3 fully saturated rings. The number of rotatable bonds is 6. The Balaban J connectivity index is 1.93. The van der Waals surface area contributed by atoms with Crippen molar-refractivity contribution >= 4 is 11.8 Å². The standard InChI is InChI=1S/C21H36N2O4/c1-15(20(26)9-5-3-6-10-20)23(18(25)19(13-14-19)17(22)24)16(2)21(27)11-7-4-8-12-21/h15-16,26-27H,3-14H2,1-2H3,(H2,22,24). The zero-order valence-corrected chi connectivity index (χ0v) is 16.9. The molecule has 0 aromatic carbocycles. The Hall–Kier alpha value is -1.14. The summed E-state index contributed by atoms with van der Waals surface area (Å²) in [6.45, 7) is 3.76. The maximum atomic E-state index is 13.5. The minimum absolute atomic E-state index is 0.298. The molecular formula is C21H36N2O4. The van der Waals surface area contributed by atoms with Gasteiger partial charge in [-0.05, 0) is 52.4 Å². The Morgan fingerprint density at radius 3 is 1.44 bits per heavy atom. The molecule has 6 heteroatoms. The number of carbonyl (C=O) groups excluding carboxylic acids is 2. The van der Waals surface area contributed by atoms with E-state index >= 15 is 0 Å². The van der Waals surface area contributed by atoms with Gasteiger partial charge in [-0.15, -0.1) is 0 Å². The van der Waals surface area contributed by atoms with E-state index in [4.69, 9.17) is 5.73 Å². The first-order valence-corrected chi connectivity index (χ1v) is 10.7. The topological polar surface area (TPSA) is 104 Å². The van der Waals surface area contributed by atoms with Crippen molar-refractivity contribution in [3.8, 4) is 0 Å². The van der Waals surface area contributed by atoms with Crippen molar-refractivity contribution in [3.05, 3.63) is 0 Å². The molecule has 3 aliphatic carbocycles. The lowest BCUT2D eigenvalue weighted by Crippen LogP contribution is -2.64. The second-order valence-corrected chi connectivity index (χ2v) is 9.34. The van der Waals surface area contributed by atoms with Crippen LogP contribution in [0.5, 0.6) is 0 Å². The van der Waals surface area contributed by atoms with Gasteiger partial charge in [-0.25, -0.2) is 0 Å². The molecule has 2 atom stereocenters. The lowest BCUT2D eigenvalue weighted by molar-refractivity contribution is -0.167. The predicted molar refractivity (Wildman–Crippen MR) is 103 cm³/mol. The average Bonchev–Trinajstić information content (AvgIpc) is 3.45. The minimum atomic E-state index is -1.14. The van der Waals surface area contributed by atoms with Crippen LogP contribution in [0.3, 0.4) is 0 Å². The van der Waals surface area contributed by atoms with Crippen LogP contribution in [-0.4, -0.2) is 50.2 Å². The lowest BCUT2D eigenvalue weighted by Gasteiger charge is -2.51. The van der Waals surface area contributed by atoms with Gasteiger partial charge in [0.25, 0.3) is 0 Å². The molecule has 0 spiro atoms. The summed E-state index contributed by atoms with van der Waals surface area (Å²) in [6.07, 6.45) is 9.43. The van der Waals surface area contributed by atoms with E-state index < -0.39 is 34.6 Å². The maximum absolute atomic E-state index is 13.5. The summed E-state index contributed by atoms with van der Waals surface area (Å²) in [7, 11) is 0. The Morgan fingerprint density at radius 2 is 1.15 bits per heavy atom. The summed E-state index contributed by atoms with van der Waals surface area (Å²) in [5.41, 5.74) is 2.50. The van der Waals surface area contributed by atoms with Crippen molar-refractivity contribution in [2.45, 2.75) is 114 Å². The lowest BCUT2D eigenvalue weighted by atomic mass is 9.75. The monoisotopic (exact) mass is 380 g/mol. The van der Waals surface area contributed by atoms with Crippen molar-refractivity contribution in [1.29, 1.82) is 0 Å². The van der Waals surface area contributed by atoms with Crippen LogP contribution in [0.2, 0.25) is 0 Å². The molecule has 2 unspecified atom stereocenters. The summed E-state index contributed by atoms with van der Waals surface area (Å²) in [6, 6.07) is -0.911. The molecule has 0 aliphatic heterocycles. The van der Waals surface area contributed by atoms with Crippen molar-refractivity contribution in [2.75, 3.05) is 0 Å². The van der Waals surface area contributed by atoms with Gasteiger partial charge in [-0.2, -0.15) is 0 Å². The van der Waals surface area contributed by atoms with Gasteiger partial charge in [0.05, 0.1) is 23.3 Å². The van der Waals surface area contributed by atoms with Crippen LogP contribution in [0.4, 0.5) is 0 Å². The van der Waals surface area contributed by atoms with Gasteiger partial charge in [0.2, 0.25) is 11.8 Å². The second-order valence-electron chi connectivity index (χ2n) is 9.34. The van der Waals surface area contributed by atoms with Gasteiger partial charge in [0.1, 0.15) is 5.41 Å². The molecule has 0 radical (unpaired) electrons. The minimum Gasteiger partial charge on any atom is -0.388 e. The van der Waals surface area contributed by atoms with E-state index in [1.54, 1.807) is 4.90 Å². The first-order valence-electron chi connectivity index (χ1n) is 10.7. The van der Waals surface area contributed by atoms with Crippen LogP contribution in [0, 0.1) is 5.41 Å². The fourth-order valence-electron chi connectivity index (χ4n) is 5.31. The molecular weight excluding hydrogens is 344 g/mol. The number of primary amides is 1. The molecule has 27 heavy (non-hydrogen) atoms. The fraction of sp³-hybridized carbons (Fsp3) is 0.905. The van der Waals surface area contributed by atoms with Gasteiger partial charge in [-0.1, -0.05) is 38.5 Å². The van der Waals surface area contributed by atoms with Gasteiger partial charge >= 0.3 is 0 Å². The number of hydrogen-bond acceptors (Lipinski definition) is 4. The first-order chi connectivity index (χ1) is 12.7. The number of aliphatic hydroxyl groups is 2. The highest BCUT2D eigenvalue weighted by Gasteiger charge is 2.60. The van der Waals surface area contributed by atoms with E-state index in [1.807, 2.05) is 13.8 Å². The second kappa shape index (κ2) is 7.36. The molecule has 3 aliphatic rings. The maximum Gasteiger partial charge on any atom is 0.238 e. The molecule has 3 saturated carbocycles. The van der Waals surface area contributed by atoms with Crippen LogP contribution in [0.25, 0.3) is 0 Å². The average molecular weight is 381 g/mol. The highest BCUT2D eigenvalue weighted by atomic mass is 16.3.